The summed E-state index contributed by atoms with van der Waals surface area (Å²) in [5.41, 5.74) is 0.726. The van der Waals surface area contributed by atoms with Gasteiger partial charge in [0.15, 0.2) is 0 Å². The van der Waals surface area contributed by atoms with Crippen LogP contribution in [0.1, 0.15) is 45.7 Å². The van der Waals surface area contributed by atoms with Gasteiger partial charge in [-0.2, -0.15) is 0 Å². The van der Waals surface area contributed by atoms with Crippen molar-refractivity contribution in [2.24, 2.45) is 5.92 Å². The van der Waals surface area contributed by atoms with Crippen molar-refractivity contribution in [3.8, 4) is 0 Å². The molecule has 0 aliphatic carbocycles. The molecule has 1 N–H and O–H groups in total. The maximum Gasteiger partial charge on any atom is 0.129 e. The van der Waals surface area contributed by atoms with Crippen LogP contribution in [0, 0.1) is 11.7 Å². The van der Waals surface area contributed by atoms with Crippen LogP contribution in [0.25, 0.3) is 0 Å². The number of benzene rings is 1. The molecule has 0 bridgehead atoms. The van der Waals surface area contributed by atoms with Gasteiger partial charge in [-0.25, -0.2) is 4.39 Å². The molecule has 0 radical (unpaired) electrons. The van der Waals surface area contributed by atoms with Crippen LogP contribution in [-0.4, -0.2) is 6.04 Å². The largest absolute Gasteiger partial charge is 0.308 e. The third-order valence-electron chi connectivity index (χ3n) is 2.79. The first-order valence-electron chi connectivity index (χ1n) is 6.11. The zero-order chi connectivity index (χ0) is 13.0. The summed E-state index contributed by atoms with van der Waals surface area (Å²) >= 11 is 3.27. The van der Waals surface area contributed by atoms with Crippen molar-refractivity contribution in [2.45, 2.75) is 46.2 Å². The summed E-state index contributed by atoms with van der Waals surface area (Å²) in [4.78, 5) is 0. The van der Waals surface area contributed by atoms with Crippen molar-refractivity contribution >= 4 is 15.9 Å². The third-order valence-corrected chi connectivity index (χ3v) is 3.28. The lowest BCUT2D eigenvalue weighted by molar-refractivity contribution is 0.400. The molecule has 0 saturated heterocycles. The highest BCUT2D eigenvalue weighted by Gasteiger charge is 2.14. The Labute approximate surface area is 112 Å². The van der Waals surface area contributed by atoms with Gasteiger partial charge in [0.2, 0.25) is 0 Å². The quantitative estimate of drug-likeness (QED) is 0.833. The van der Waals surface area contributed by atoms with Crippen molar-refractivity contribution in [1.29, 1.82) is 0 Å². The molecular weight excluding hydrogens is 281 g/mol. The minimum absolute atomic E-state index is 0.0387. The van der Waals surface area contributed by atoms with E-state index in [4.69, 9.17) is 0 Å². The number of hydrogen-bond acceptors (Lipinski definition) is 1. The van der Waals surface area contributed by atoms with E-state index in [1.165, 1.54) is 6.07 Å². The summed E-state index contributed by atoms with van der Waals surface area (Å²) < 4.78 is 14.5. The molecule has 0 aliphatic rings. The molecule has 0 spiro atoms. The Morgan fingerprint density at radius 1 is 1.24 bits per heavy atom. The van der Waals surface area contributed by atoms with Gasteiger partial charge >= 0.3 is 0 Å². The molecule has 1 rings (SSSR count). The van der Waals surface area contributed by atoms with Crippen LogP contribution in [0.4, 0.5) is 4.39 Å². The summed E-state index contributed by atoms with van der Waals surface area (Å²) in [5.74, 6) is 0.496. The molecule has 2 unspecified atom stereocenters. The zero-order valence-electron chi connectivity index (χ0n) is 10.9. The lowest BCUT2D eigenvalue weighted by atomic mass is 10.0. The molecule has 1 aromatic rings. The zero-order valence-corrected chi connectivity index (χ0v) is 12.5. The maximum absolute atomic E-state index is 13.7. The second-order valence-electron chi connectivity index (χ2n) is 5.08. The number of nitrogens with one attached hydrogen (secondary N) is 1. The van der Waals surface area contributed by atoms with Gasteiger partial charge in [0.05, 0.1) is 0 Å². The predicted octanol–water partition coefficient (Wildman–Crippen LogP) is 4.67. The highest BCUT2D eigenvalue weighted by atomic mass is 79.9. The summed E-state index contributed by atoms with van der Waals surface area (Å²) in [5, 5.41) is 3.43. The van der Waals surface area contributed by atoms with Crippen molar-refractivity contribution in [3.63, 3.8) is 0 Å². The lowest BCUT2D eigenvalue weighted by Crippen LogP contribution is -2.30. The third kappa shape index (κ3) is 4.76. The van der Waals surface area contributed by atoms with E-state index in [0.717, 1.165) is 16.5 Å². The first-order valence-corrected chi connectivity index (χ1v) is 6.90. The van der Waals surface area contributed by atoms with Crippen LogP contribution in [0.15, 0.2) is 22.7 Å². The van der Waals surface area contributed by atoms with E-state index in [0.29, 0.717) is 12.0 Å². The summed E-state index contributed by atoms with van der Waals surface area (Å²) in [6.45, 7) is 8.54. The minimum atomic E-state index is -0.156. The normalized spacial score (nSPS) is 15.0. The average molecular weight is 302 g/mol. The first kappa shape index (κ1) is 14.7. The van der Waals surface area contributed by atoms with Crippen LogP contribution in [0.2, 0.25) is 0 Å². The molecule has 0 fully saturated rings. The Balaban J connectivity index is 2.66. The van der Waals surface area contributed by atoms with Gasteiger partial charge < -0.3 is 5.32 Å². The van der Waals surface area contributed by atoms with Crippen LogP contribution in [0.5, 0.6) is 0 Å². The number of hydrogen-bond donors (Lipinski definition) is 1. The van der Waals surface area contributed by atoms with Crippen LogP contribution in [-0.2, 0) is 0 Å². The van der Waals surface area contributed by atoms with Crippen molar-refractivity contribution in [2.75, 3.05) is 0 Å². The van der Waals surface area contributed by atoms with E-state index in [1.54, 1.807) is 0 Å². The highest BCUT2D eigenvalue weighted by molar-refractivity contribution is 9.10. The van der Waals surface area contributed by atoms with Crippen molar-refractivity contribution in [3.05, 3.63) is 34.1 Å². The fourth-order valence-electron chi connectivity index (χ4n) is 2.14. The molecule has 17 heavy (non-hydrogen) atoms. The predicted molar refractivity (Wildman–Crippen MR) is 74.6 cm³/mol. The molecule has 0 saturated carbocycles. The second-order valence-corrected chi connectivity index (χ2v) is 6.00. The summed E-state index contributed by atoms with van der Waals surface area (Å²) in [7, 11) is 0. The Morgan fingerprint density at radius 2 is 1.88 bits per heavy atom. The monoisotopic (exact) mass is 301 g/mol. The lowest BCUT2D eigenvalue weighted by Gasteiger charge is -2.22. The molecule has 96 valence electrons. The molecule has 0 amide bonds. The molecular formula is C14H21BrFN. The van der Waals surface area contributed by atoms with Gasteiger partial charge in [0.1, 0.15) is 5.82 Å². The van der Waals surface area contributed by atoms with Crippen molar-refractivity contribution in [1.82, 2.24) is 5.32 Å². The van der Waals surface area contributed by atoms with E-state index in [9.17, 15) is 4.39 Å². The van der Waals surface area contributed by atoms with E-state index in [2.05, 4.69) is 42.0 Å². The first-order chi connectivity index (χ1) is 7.90. The molecule has 2 atom stereocenters. The molecule has 0 heterocycles. The Morgan fingerprint density at radius 3 is 2.41 bits per heavy atom. The van der Waals surface area contributed by atoms with Gasteiger partial charge in [0.25, 0.3) is 0 Å². The Hall–Kier alpha value is -0.410. The molecule has 1 aromatic carbocycles. The van der Waals surface area contributed by atoms with E-state index >= 15 is 0 Å². The fourth-order valence-corrected chi connectivity index (χ4v) is 2.48. The van der Waals surface area contributed by atoms with Gasteiger partial charge in [0, 0.05) is 22.1 Å². The van der Waals surface area contributed by atoms with Crippen LogP contribution in [0.3, 0.4) is 0 Å². The Bertz CT molecular complexity index is 365. The van der Waals surface area contributed by atoms with Gasteiger partial charge in [-0.1, -0.05) is 35.8 Å². The van der Waals surface area contributed by atoms with E-state index < -0.39 is 0 Å². The highest BCUT2D eigenvalue weighted by Crippen LogP contribution is 2.21. The van der Waals surface area contributed by atoms with E-state index in [-0.39, 0.29) is 11.9 Å². The smallest absolute Gasteiger partial charge is 0.129 e. The second kappa shape index (κ2) is 6.50. The minimum Gasteiger partial charge on any atom is -0.308 e. The van der Waals surface area contributed by atoms with E-state index in [1.807, 2.05) is 19.1 Å². The molecule has 0 aromatic heterocycles. The molecule has 0 aliphatic heterocycles. The van der Waals surface area contributed by atoms with Gasteiger partial charge in [-0.05, 0) is 38.3 Å². The molecule has 1 nitrogen and oxygen atoms in total. The van der Waals surface area contributed by atoms with Gasteiger partial charge in [-0.15, -0.1) is 0 Å². The van der Waals surface area contributed by atoms with Crippen LogP contribution < -0.4 is 5.32 Å². The number of halogens is 2. The fraction of sp³-hybridized carbons (Fsp3) is 0.571. The summed E-state index contributed by atoms with van der Waals surface area (Å²) in [6, 6.07) is 5.66. The van der Waals surface area contributed by atoms with Gasteiger partial charge in [-0.3, -0.25) is 0 Å². The SMILES string of the molecule is CC(C)CC(C)NC(C)c1ccc(Br)cc1F. The number of rotatable bonds is 5. The average Bonchev–Trinajstić information content (AvgIpc) is 2.15. The van der Waals surface area contributed by atoms with Crippen LogP contribution >= 0.6 is 15.9 Å². The van der Waals surface area contributed by atoms with Crippen molar-refractivity contribution < 1.29 is 4.39 Å². The Kier molecular flexibility index (Phi) is 5.60. The summed E-state index contributed by atoms with van der Waals surface area (Å²) in [6.07, 6.45) is 1.10. The topological polar surface area (TPSA) is 12.0 Å². The maximum atomic E-state index is 13.7. The standard InChI is InChI=1S/C14H21BrFN/c1-9(2)7-10(3)17-11(4)13-6-5-12(15)8-14(13)16/h5-6,8-11,17H,7H2,1-4H3. The molecule has 3 heteroatoms.